The van der Waals surface area contributed by atoms with Crippen molar-refractivity contribution >= 4 is 21.8 Å². The highest BCUT2D eigenvalue weighted by atomic mass is 79.9. The third-order valence-corrected chi connectivity index (χ3v) is 3.35. The number of nitrogens with one attached hydrogen (secondary N) is 1. The lowest BCUT2D eigenvalue weighted by molar-refractivity contribution is 0.0894. The fraction of sp³-hybridized carbons (Fsp3) is 0.667. The number of amides is 1. The summed E-state index contributed by atoms with van der Waals surface area (Å²) in [6.07, 6.45) is 0.831. The van der Waals surface area contributed by atoms with Crippen molar-refractivity contribution < 1.29 is 9.53 Å². The molecule has 18 heavy (non-hydrogen) atoms. The average molecular weight is 318 g/mol. The van der Waals surface area contributed by atoms with Crippen molar-refractivity contribution in [2.24, 2.45) is 7.05 Å². The number of carbonyl (C=O) groups excluding carboxylic acids is 1. The fourth-order valence-corrected chi connectivity index (χ4v) is 2.44. The van der Waals surface area contributed by atoms with Crippen LogP contribution in [0.2, 0.25) is 0 Å². The predicted molar refractivity (Wildman–Crippen MR) is 74.2 cm³/mol. The van der Waals surface area contributed by atoms with Gasteiger partial charge in [-0.25, -0.2) is 0 Å². The van der Waals surface area contributed by atoms with Gasteiger partial charge in [0.2, 0.25) is 0 Å². The van der Waals surface area contributed by atoms with Gasteiger partial charge < -0.3 is 10.1 Å². The molecule has 6 heteroatoms. The first-order valence-electron chi connectivity index (χ1n) is 5.87. The van der Waals surface area contributed by atoms with Gasteiger partial charge in [0.1, 0.15) is 0 Å². The number of hydrogen-bond donors (Lipinski definition) is 1. The summed E-state index contributed by atoms with van der Waals surface area (Å²) >= 11 is 3.38. The molecule has 1 aromatic heterocycles. The number of nitrogens with zero attached hydrogens (tertiary/aromatic N) is 2. The zero-order valence-electron chi connectivity index (χ0n) is 11.3. The standard InChI is InChI=1S/C12H20BrN3O2/c1-8-11(9(2)16(3)15-8)12(17)14-10(5-6-13)7-18-4/h10H,5-7H2,1-4H3,(H,14,17). The molecule has 0 aliphatic rings. The molecule has 0 aliphatic carbocycles. The second-order valence-corrected chi connectivity index (χ2v) is 5.07. The van der Waals surface area contributed by atoms with E-state index in [0.717, 1.165) is 23.1 Å². The molecule has 1 rings (SSSR count). The van der Waals surface area contributed by atoms with Gasteiger partial charge in [0.15, 0.2) is 0 Å². The Morgan fingerprint density at radius 1 is 1.56 bits per heavy atom. The van der Waals surface area contributed by atoms with Crippen molar-refractivity contribution in [1.29, 1.82) is 0 Å². The minimum atomic E-state index is -0.0823. The molecule has 1 atom stereocenters. The largest absolute Gasteiger partial charge is 0.383 e. The molecule has 0 aromatic carbocycles. The number of halogens is 1. The summed E-state index contributed by atoms with van der Waals surface area (Å²) in [6.45, 7) is 4.25. The van der Waals surface area contributed by atoms with E-state index in [4.69, 9.17) is 4.74 Å². The number of aryl methyl sites for hydroxylation is 2. The number of methoxy groups -OCH3 is 1. The predicted octanol–water partition coefficient (Wildman–Crippen LogP) is 1.57. The molecule has 0 aliphatic heterocycles. The van der Waals surface area contributed by atoms with Gasteiger partial charge in [0.05, 0.1) is 23.9 Å². The average Bonchev–Trinajstić information content (AvgIpc) is 2.53. The Hall–Kier alpha value is -0.880. The van der Waals surface area contributed by atoms with Crippen molar-refractivity contribution in [3.8, 4) is 0 Å². The van der Waals surface area contributed by atoms with Crippen LogP contribution in [0.15, 0.2) is 0 Å². The summed E-state index contributed by atoms with van der Waals surface area (Å²) in [5, 5.41) is 8.05. The summed E-state index contributed by atoms with van der Waals surface area (Å²) in [4.78, 5) is 12.2. The molecule has 0 spiro atoms. The molecule has 1 aromatic rings. The van der Waals surface area contributed by atoms with Crippen LogP contribution in [-0.4, -0.2) is 40.8 Å². The third-order valence-electron chi connectivity index (χ3n) is 2.90. The Labute approximate surface area is 116 Å². The third kappa shape index (κ3) is 3.55. The molecule has 1 N–H and O–H groups in total. The monoisotopic (exact) mass is 317 g/mol. The summed E-state index contributed by atoms with van der Waals surface area (Å²) in [5.74, 6) is -0.0823. The molecule has 0 saturated carbocycles. The van der Waals surface area contributed by atoms with Crippen molar-refractivity contribution in [3.63, 3.8) is 0 Å². The molecule has 1 unspecified atom stereocenters. The molecule has 5 nitrogen and oxygen atoms in total. The van der Waals surface area contributed by atoms with E-state index in [2.05, 4.69) is 26.3 Å². The topological polar surface area (TPSA) is 56.1 Å². The van der Waals surface area contributed by atoms with E-state index < -0.39 is 0 Å². The number of alkyl halides is 1. The van der Waals surface area contributed by atoms with Gasteiger partial charge in [-0.2, -0.15) is 5.10 Å². The van der Waals surface area contributed by atoms with Crippen molar-refractivity contribution in [2.75, 3.05) is 19.0 Å². The number of ether oxygens (including phenoxy) is 1. The van der Waals surface area contributed by atoms with Gasteiger partial charge in [-0.15, -0.1) is 0 Å². The van der Waals surface area contributed by atoms with Crippen LogP contribution in [-0.2, 0) is 11.8 Å². The van der Waals surface area contributed by atoms with Crippen LogP contribution >= 0.6 is 15.9 Å². The van der Waals surface area contributed by atoms with Crippen LogP contribution in [0, 0.1) is 13.8 Å². The smallest absolute Gasteiger partial charge is 0.255 e. The van der Waals surface area contributed by atoms with Crippen LogP contribution in [0.5, 0.6) is 0 Å². The maximum absolute atomic E-state index is 12.2. The first-order valence-corrected chi connectivity index (χ1v) is 6.99. The van der Waals surface area contributed by atoms with Gasteiger partial charge in [0, 0.05) is 25.2 Å². The first-order chi connectivity index (χ1) is 8.51. The number of hydrogen-bond acceptors (Lipinski definition) is 3. The summed E-state index contributed by atoms with van der Waals surface area (Å²) in [7, 11) is 3.47. The molecule has 1 heterocycles. The SMILES string of the molecule is COCC(CCBr)NC(=O)c1c(C)nn(C)c1C. The second kappa shape index (κ2) is 6.89. The van der Waals surface area contributed by atoms with E-state index >= 15 is 0 Å². The number of aromatic nitrogens is 2. The summed E-state index contributed by atoms with van der Waals surface area (Å²) in [6, 6.07) is 0.0147. The van der Waals surface area contributed by atoms with Crippen molar-refractivity contribution in [1.82, 2.24) is 15.1 Å². The molecular weight excluding hydrogens is 298 g/mol. The first kappa shape index (κ1) is 15.2. The van der Waals surface area contributed by atoms with E-state index in [1.807, 2.05) is 20.9 Å². The Morgan fingerprint density at radius 2 is 2.22 bits per heavy atom. The molecule has 0 saturated heterocycles. The Morgan fingerprint density at radius 3 is 2.67 bits per heavy atom. The van der Waals surface area contributed by atoms with Crippen molar-refractivity contribution in [3.05, 3.63) is 17.0 Å². The van der Waals surface area contributed by atoms with E-state index in [1.54, 1.807) is 11.8 Å². The van der Waals surface area contributed by atoms with Gasteiger partial charge in [0.25, 0.3) is 5.91 Å². The van der Waals surface area contributed by atoms with Crippen LogP contribution < -0.4 is 5.32 Å². The molecular formula is C12H20BrN3O2. The number of carbonyl (C=O) groups is 1. The Balaban J connectivity index is 2.80. The lowest BCUT2D eigenvalue weighted by atomic mass is 10.1. The molecule has 0 radical (unpaired) electrons. The van der Waals surface area contributed by atoms with Crippen LogP contribution in [0.1, 0.15) is 28.2 Å². The van der Waals surface area contributed by atoms with E-state index in [-0.39, 0.29) is 11.9 Å². The fourth-order valence-electron chi connectivity index (χ4n) is 1.89. The highest BCUT2D eigenvalue weighted by Gasteiger charge is 2.20. The lowest BCUT2D eigenvalue weighted by Gasteiger charge is -2.16. The van der Waals surface area contributed by atoms with E-state index in [0.29, 0.717) is 12.2 Å². The maximum Gasteiger partial charge on any atom is 0.255 e. The Kier molecular flexibility index (Phi) is 5.81. The molecule has 0 bridgehead atoms. The highest BCUT2D eigenvalue weighted by molar-refractivity contribution is 9.09. The van der Waals surface area contributed by atoms with Gasteiger partial charge in [-0.3, -0.25) is 9.48 Å². The van der Waals surface area contributed by atoms with Gasteiger partial charge in [-0.1, -0.05) is 15.9 Å². The van der Waals surface area contributed by atoms with Gasteiger partial charge in [-0.05, 0) is 20.3 Å². The normalized spacial score (nSPS) is 12.5. The zero-order valence-corrected chi connectivity index (χ0v) is 12.9. The summed E-state index contributed by atoms with van der Waals surface area (Å²) in [5.41, 5.74) is 2.29. The van der Waals surface area contributed by atoms with Gasteiger partial charge >= 0.3 is 0 Å². The second-order valence-electron chi connectivity index (χ2n) is 4.27. The van der Waals surface area contributed by atoms with Crippen molar-refractivity contribution in [2.45, 2.75) is 26.3 Å². The highest BCUT2D eigenvalue weighted by Crippen LogP contribution is 2.12. The molecule has 102 valence electrons. The zero-order chi connectivity index (χ0) is 13.7. The Bertz CT molecular complexity index is 412. The quantitative estimate of drug-likeness (QED) is 0.810. The maximum atomic E-state index is 12.2. The minimum Gasteiger partial charge on any atom is -0.383 e. The lowest BCUT2D eigenvalue weighted by Crippen LogP contribution is -2.38. The molecule has 1 amide bonds. The van der Waals surface area contributed by atoms with Crippen LogP contribution in [0.25, 0.3) is 0 Å². The van der Waals surface area contributed by atoms with E-state index in [9.17, 15) is 4.79 Å². The summed E-state index contributed by atoms with van der Waals surface area (Å²) < 4.78 is 6.82. The number of rotatable bonds is 6. The molecule has 0 fully saturated rings. The van der Waals surface area contributed by atoms with E-state index in [1.165, 1.54) is 0 Å². The van der Waals surface area contributed by atoms with Crippen LogP contribution in [0.4, 0.5) is 0 Å². The minimum absolute atomic E-state index is 0.0147. The van der Waals surface area contributed by atoms with Crippen LogP contribution in [0.3, 0.4) is 0 Å².